The topological polar surface area (TPSA) is 71.2 Å². The van der Waals surface area contributed by atoms with E-state index in [1.807, 2.05) is 17.0 Å². The monoisotopic (exact) mass is 334 g/mol. The van der Waals surface area contributed by atoms with Gasteiger partial charge < -0.3 is 10.0 Å². The first kappa shape index (κ1) is 16.0. The molecule has 1 unspecified atom stereocenters. The summed E-state index contributed by atoms with van der Waals surface area (Å²) >= 11 is 5.97. The number of benzene rings is 1. The Kier molecular flexibility index (Phi) is 4.93. The highest BCUT2D eigenvalue weighted by molar-refractivity contribution is 6.30. The van der Waals surface area contributed by atoms with Crippen molar-refractivity contribution in [1.82, 2.24) is 19.9 Å². The molecule has 0 radical (unpaired) electrons. The molecule has 0 bridgehead atoms. The van der Waals surface area contributed by atoms with Crippen LogP contribution in [0, 0.1) is 0 Å². The molecule has 23 heavy (non-hydrogen) atoms. The average molecular weight is 335 g/mol. The van der Waals surface area contributed by atoms with Crippen LogP contribution < -0.4 is 0 Å². The Hall–Kier alpha value is -1.92. The maximum absolute atomic E-state index is 12.7. The van der Waals surface area contributed by atoms with E-state index in [0.29, 0.717) is 17.1 Å². The van der Waals surface area contributed by atoms with E-state index >= 15 is 0 Å². The Balaban J connectivity index is 1.76. The molecule has 0 aliphatic carbocycles. The molecule has 1 fully saturated rings. The highest BCUT2D eigenvalue weighted by atomic mass is 35.5. The van der Waals surface area contributed by atoms with Gasteiger partial charge in [0, 0.05) is 24.2 Å². The Morgan fingerprint density at radius 1 is 1.43 bits per heavy atom. The molecule has 6 nitrogen and oxygen atoms in total. The summed E-state index contributed by atoms with van der Waals surface area (Å²) in [5.74, 6) is -0.0984. The number of likely N-dealkylation sites (tertiary alicyclic amines) is 1. The summed E-state index contributed by atoms with van der Waals surface area (Å²) in [4.78, 5) is 15.9. The molecule has 0 spiro atoms. The number of rotatable bonds is 5. The van der Waals surface area contributed by atoms with Gasteiger partial charge in [-0.3, -0.25) is 4.79 Å². The molecule has 3 rings (SSSR count). The third-order valence-corrected chi connectivity index (χ3v) is 4.32. The molecule has 1 amide bonds. The number of carbonyl (C=O) groups is 1. The standard InChI is InChI=1S/C16H19ClN4O2/c17-12-4-1-5-14(10-12)21-18-11-15(19-21)16(23)20-8-2-6-13(20)7-3-9-22/h1,4-5,10-11,13,22H,2-3,6-9H2. The van der Waals surface area contributed by atoms with Gasteiger partial charge in [-0.2, -0.15) is 9.90 Å². The maximum atomic E-state index is 12.7. The van der Waals surface area contributed by atoms with Crippen LogP contribution >= 0.6 is 11.6 Å². The highest BCUT2D eigenvalue weighted by Crippen LogP contribution is 2.23. The lowest BCUT2D eigenvalue weighted by Crippen LogP contribution is -2.36. The zero-order chi connectivity index (χ0) is 16.2. The van der Waals surface area contributed by atoms with Gasteiger partial charge in [-0.05, 0) is 43.9 Å². The summed E-state index contributed by atoms with van der Waals surface area (Å²) in [6.45, 7) is 0.891. The van der Waals surface area contributed by atoms with Gasteiger partial charge in [0.25, 0.3) is 5.91 Å². The Labute approximate surface area is 139 Å². The van der Waals surface area contributed by atoms with Crippen LogP contribution in [-0.2, 0) is 0 Å². The van der Waals surface area contributed by atoms with Crippen molar-refractivity contribution in [2.45, 2.75) is 31.7 Å². The first-order valence-electron chi connectivity index (χ1n) is 7.79. The average Bonchev–Trinajstić information content (AvgIpc) is 3.21. The van der Waals surface area contributed by atoms with Crippen molar-refractivity contribution in [3.05, 3.63) is 41.2 Å². The molecule has 1 aromatic carbocycles. The van der Waals surface area contributed by atoms with E-state index in [4.69, 9.17) is 16.7 Å². The number of aliphatic hydroxyl groups is 1. The van der Waals surface area contributed by atoms with Crippen molar-refractivity contribution < 1.29 is 9.90 Å². The first-order valence-corrected chi connectivity index (χ1v) is 8.17. The lowest BCUT2D eigenvalue weighted by Gasteiger charge is -2.23. The number of amides is 1. The van der Waals surface area contributed by atoms with Crippen LogP contribution in [0.3, 0.4) is 0 Å². The Bertz CT molecular complexity index is 688. The molecule has 1 saturated heterocycles. The number of carbonyl (C=O) groups excluding carboxylic acids is 1. The van der Waals surface area contributed by atoms with E-state index in [1.54, 1.807) is 12.1 Å². The number of hydrogen-bond acceptors (Lipinski definition) is 4. The van der Waals surface area contributed by atoms with Crippen molar-refractivity contribution >= 4 is 17.5 Å². The molecule has 1 N–H and O–H groups in total. The van der Waals surface area contributed by atoms with Crippen molar-refractivity contribution in [2.75, 3.05) is 13.2 Å². The Morgan fingerprint density at radius 2 is 2.30 bits per heavy atom. The molecule has 7 heteroatoms. The maximum Gasteiger partial charge on any atom is 0.276 e. The van der Waals surface area contributed by atoms with Crippen LogP contribution in [0.25, 0.3) is 5.69 Å². The largest absolute Gasteiger partial charge is 0.396 e. The molecule has 0 saturated carbocycles. The fourth-order valence-electron chi connectivity index (χ4n) is 2.96. The molecular weight excluding hydrogens is 316 g/mol. The highest BCUT2D eigenvalue weighted by Gasteiger charge is 2.30. The summed E-state index contributed by atoms with van der Waals surface area (Å²) in [6.07, 6.45) is 5.00. The number of aliphatic hydroxyl groups excluding tert-OH is 1. The molecule has 1 atom stereocenters. The smallest absolute Gasteiger partial charge is 0.276 e. The van der Waals surface area contributed by atoms with E-state index in [0.717, 1.165) is 31.5 Å². The van der Waals surface area contributed by atoms with Gasteiger partial charge in [0.1, 0.15) is 0 Å². The summed E-state index contributed by atoms with van der Waals surface area (Å²) in [7, 11) is 0. The molecule has 1 aromatic heterocycles. The van der Waals surface area contributed by atoms with Crippen LogP contribution in [0.5, 0.6) is 0 Å². The van der Waals surface area contributed by atoms with Gasteiger partial charge in [-0.25, -0.2) is 0 Å². The molecule has 2 aromatic rings. The lowest BCUT2D eigenvalue weighted by molar-refractivity contribution is 0.0718. The van der Waals surface area contributed by atoms with Gasteiger partial charge in [0.2, 0.25) is 0 Å². The zero-order valence-electron chi connectivity index (χ0n) is 12.7. The van der Waals surface area contributed by atoms with Crippen LogP contribution in [-0.4, -0.2) is 50.1 Å². The molecule has 1 aliphatic rings. The second kappa shape index (κ2) is 7.10. The van der Waals surface area contributed by atoms with Gasteiger partial charge >= 0.3 is 0 Å². The number of aromatic nitrogens is 3. The minimum absolute atomic E-state index is 0.0984. The van der Waals surface area contributed by atoms with E-state index < -0.39 is 0 Å². The van der Waals surface area contributed by atoms with Crippen molar-refractivity contribution in [1.29, 1.82) is 0 Å². The lowest BCUT2D eigenvalue weighted by atomic mass is 10.1. The molecule has 2 heterocycles. The third kappa shape index (κ3) is 3.54. The summed E-state index contributed by atoms with van der Waals surface area (Å²) < 4.78 is 0. The van der Waals surface area contributed by atoms with Gasteiger partial charge in [-0.1, -0.05) is 17.7 Å². The van der Waals surface area contributed by atoms with Crippen LogP contribution in [0.4, 0.5) is 0 Å². The SMILES string of the molecule is O=C(c1cnn(-c2cccc(Cl)c2)n1)N1CCCC1CCCO. The van der Waals surface area contributed by atoms with Gasteiger partial charge in [0.15, 0.2) is 5.69 Å². The van der Waals surface area contributed by atoms with Crippen molar-refractivity contribution in [2.24, 2.45) is 0 Å². The minimum Gasteiger partial charge on any atom is -0.396 e. The fourth-order valence-corrected chi connectivity index (χ4v) is 3.15. The quantitative estimate of drug-likeness (QED) is 0.910. The predicted octanol–water partition coefficient (Wildman–Crippen LogP) is 2.30. The number of nitrogens with zero attached hydrogens (tertiary/aromatic N) is 4. The van der Waals surface area contributed by atoms with Crippen molar-refractivity contribution in [3.8, 4) is 5.69 Å². The summed E-state index contributed by atoms with van der Waals surface area (Å²) in [5.41, 5.74) is 1.05. The molecule has 122 valence electrons. The third-order valence-electron chi connectivity index (χ3n) is 4.08. The number of hydrogen-bond donors (Lipinski definition) is 1. The summed E-state index contributed by atoms with van der Waals surface area (Å²) in [6, 6.07) is 7.35. The van der Waals surface area contributed by atoms with Gasteiger partial charge in [0.05, 0.1) is 11.9 Å². The first-order chi connectivity index (χ1) is 11.2. The van der Waals surface area contributed by atoms with Crippen molar-refractivity contribution in [3.63, 3.8) is 0 Å². The van der Waals surface area contributed by atoms with Crippen LogP contribution in [0.2, 0.25) is 5.02 Å². The van der Waals surface area contributed by atoms with Crippen LogP contribution in [0.1, 0.15) is 36.2 Å². The zero-order valence-corrected chi connectivity index (χ0v) is 13.5. The minimum atomic E-state index is -0.0984. The molecule has 1 aliphatic heterocycles. The van der Waals surface area contributed by atoms with E-state index in [2.05, 4.69) is 10.2 Å². The fraction of sp³-hybridized carbons (Fsp3) is 0.438. The van der Waals surface area contributed by atoms with E-state index in [-0.39, 0.29) is 18.6 Å². The van der Waals surface area contributed by atoms with Gasteiger partial charge in [-0.15, -0.1) is 5.10 Å². The second-order valence-corrected chi connectivity index (χ2v) is 6.10. The predicted molar refractivity (Wildman–Crippen MR) is 86.7 cm³/mol. The normalized spacial score (nSPS) is 17.7. The van der Waals surface area contributed by atoms with E-state index in [9.17, 15) is 4.79 Å². The van der Waals surface area contributed by atoms with E-state index in [1.165, 1.54) is 11.0 Å². The second-order valence-electron chi connectivity index (χ2n) is 5.66. The van der Waals surface area contributed by atoms with Crippen LogP contribution in [0.15, 0.2) is 30.5 Å². The Morgan fingerprint density at radius 3 is 3.09 bits per heavy atom. The number of halogens is 1. The molecular formula is C16H19ClN4O2. The summed E-state index contributed by atoms with van der Waals surface area (Å²) in [5, 5.41) is 18.0.